The van der Waals surface area contributed by atoms with Gasteiger partial charge in [-0.1, -0.05) is 6.92 Å². The second-order valence-electron chi connectivity index (χ2n) is 5.61. The van der Waals surface area contributed by atoms with E-state index in [0.717, 1.165) is 25.0 Å². The first-order chi connectivity index (χ1) is 11.7. The summed E-state index contributed by atoms with van der Waals surface area (Å²) in [6.45, 7) is 3.26. The Bertz CT molecular complexity index is 663. The molecular weight excluding hydrogens is 310 g/mol. The van der Waals surface area contributed by atoms with Crippen LogP contribution in [0.25, 0.3) is 11.5 Å². The van der Waals surface area contributed by atoms with Gasteiger partial charge in [0.15, 0.2) is 6.61 Å². The number of amides is 1. The SMILES string of the molecule is CCc1nnc(-c2ccc(OCC(=O)NCC3CCCO3)cc2)o1. The minimum atomic E-state index is -0.154. The van der Waals surface area contributed by atoms with Gasteiger partial charge < -0.3 is 19.2 Å². The van der Waals surface area contributed by atoms with E-state index in [9.17, 15) is 4.79 Å². The normalized spacial score (nSPS) is 17.0. The van der Waals surface area contributed by atoms with E-state index < -0.39 is 0 Å². The van der Waals surface area contributed by atoms with Crippen molar-refractivity contribution in [2.75, 3.05) is 19.8 Å². The van der Waals surface area contributed by atoms with E-state index in [1.54, 1.807) is 12.1 Å². The second-order valence-corrected chi connectivity index (χ2v) is 5.61. The fourth-order valence-electron chi connectivity index (χ4n) is 2.44. The van der Waals surface area contributed by atoms with Gasteiger partial charge in [-0.15, -0.1) is 10.2 Å². The van der Waals surface area contributed by atoms with Crippen molar-refractivity contribution in [3.8, 4) is 17.2 Å². The van der Waals surface area contributed by atoms with Gasteiger partial charge in [-0.2, -0.15) is 0 Å². The Morgan fingerprint density at radius 1 is 1.33 bits per heavy atom. The third kappa shape index (κ3) is 4.32. The van der Waals surface area contributed by atoms with Gasteiger partial charge in [0.25, 0.3) is 5.91 Å². The molecule has 0 aliphatic carbocycles. The Morgan fingerprint density at radius 2 is 2.17 bits per heavy atom. The Hall–Kier alpha value is -2.41. The fourth-order valence-corrected chi connectivity index (χ4v) is 2.44. The molecule has 2 aromatic rings. The molecule has 1 N–H and O–H groups in total. The molecule has 3 rings (SSSR count). The minimum Gasteiger partial charge on any atom is -0.484 e. The molecule has 0 radical (unpaired) electrons. The molecule has 0 saturated carbocycles. The van der Waals surface area contributed by atoms with Crippen LogP contribution in [0.1, 0.15) is 25.7 Å². The van der Waals surface area contributed by atoms with Crippen molar-refractivity contribution in [3.05, 3.63) is 30.2 Å². The van der Waals surface area contributed by atoms with Crippen molar-refractivity contribution in [1.82, 2.24) is 15.5 Å². The molecule has 24 heavy (non-hydrogen) atoms. The molecule has 7 nitrogen and oxygen atoms in total. The maximum absolute atomic E-state index is 11.8. The van der Waals surface area contributed by atoms with Gasteiger partial charge in [-0.05, 0) is 37.1 Å². The highest BCUT2D eigenvalue weighted by Gasteiger charge is 2.16. The number of ether oxygens (including phenoxy) is 2. The fraction of sp³-hybridized carbons (Fsp3) is 0.471. The number of benzene rings is 1. The lowest BCUT2D eigenvalue weighted by Gasteiger charge is -2.11. The number of aryl methyl sites for hydroxylation is 1. The monoisotopic (exact) mass is 331 g/mol. The molecule has 1 aliphatic rings. The van der Waals surface area contributed by atoms with E-state index in [4.69, 9.17) is 13.9 Å². The second kappa shape index (κ2) is 7.92. The molecule has 1 atom stereocenters. The molecule has 0 bridgehead atoms. The maximum atomic E-state index is 11.8. The highest BCUT2D eigenvalue weighted by atomic mass is 16.5. The number of nitrogens with zero attached hydrogens (tertiary/aromatic N) is 2. The van der Waals surface area contributed by atoms with Gasteiger partial charge in [0.1, 0.15) is 5.75 Å². The van der Waals surface area contributed by atoms with Crippen LogP contribution in [-0.4, -0.2) is 42.0 Å². The van der Waals surface area contributed by atoms with Crippen LogP contribution >= 0.6 is 0 Å². The van der Waals surface area contributed by atoms with Crippen molar-refractivity contribution in [3.63, 3.8) is 0 Å². The molecule has 1 aliphatic heterocycles. The predicted octanol–water partition coefficient (Wildman–Crippen LogP) is 1.97. The van der Waals surface area contributed by atoms with E-state index in [1.165, 1.54) is 0 Å². The van der Waals surface area contributed by atoms with Gasteiger partial charge in [-0.3, -0.25) is 4.79 Å². The van der Waals surface area contributed by atoms with E-state index in [-0.39, 0.29) is 18.6 Å². The Labute approximate surface area is 140 Å². The molecule has 1 amide bonds. The minimum absolute atomic E-state index is 0.0212. The smallest absolute Gasteiger partial charge is 0.258 e. The highest BCUT2D eigenvalue weighted by Crippen LogP contribution is 2.21. The third-order valence-corrected chi connectivity index (χ3v) is 3.79. The van der Waals surface area contributed by atoms with Crippen LogP contribution in [-0.2, 0) is 16.0 Å². The van der Waals surface area contributed by atoms with Crippen LogP contribution in [0.4, 0.5) is 0 Å². The maximum Gasteiger partial charge on any atom is 0.258 e. The molecule has 2 heterocycles. The van der Waals surface area contributed by atoms with E-state index in [2.05, 4.69) is 15.5 Å². The van der Waals surface area contributed by atoms with Crippen LogP contribution in [0.3, 0.4) is 0 Å². The molecule has 1 aromatic heterocycles. The number of nitrogens with one attached hydrogen (secondary N) is 1. The van der Waals surface area contributed by atoms with E-state index in [0.29, 0.717) is 30.5 Å². The standard InChI is InChI=1S/C17H21N3O4/c1-2-16-19-20-17(24-16)12-5-7-13(8-6-12)23-11-15(21)18-10-14-4-3-9-22-14/h5-8,14H,2-4,9-11H2,1H3,(H,18,21). The number of carbonyl (C=O) groups excluding carboxylic acids is 1. The highest BCUT2D eigenvalue weighted by molar-refractivity contribution is 5.77. The number of hydrogen-bond donors (Lipinski definition) is 1. The summed E-state index contributed by atoms with van der Waals surface area (Å²) < 4.78 is 16.4. The summed E-state index contributed by atoms with van der Waals surface area (Å²) in [4.78, 5) is 11.8. The molecular formula is C17H21N3O4. The Morgan fingerprint density at radius 3 is 2.83 bits per heavy atom. The van der Waals surface area contributed by atoms with E-state index >= 15 is 0 Å². The topological polar surface area (TPSA) is 86.5 Å². The third-order valence-electron chi connectivity index (χ3n) is 3.79. The van der Waals surface area contributed by atoms with Crippen LogP contribution in [0.5, 0.6) is 5.75 Å². The molecule has 7 heteroatoms. The zero-order chi connectivity index (χ0) is 16.8. The van der Waals surface area contributed by atoms with Gasteiger partial charge >= 0.3 is 0 Å². The quantitative estimate of drug-likeness (QED) is 0.835. The summed E-state index contributed by atoms with van der Waals surface area (Å²) in [6, 6.07) is 7.20. The molecule has 1 fully saturated rings. The number of rotatable bonds is 7. The lowest BCUT2D eigenvalue weighted by Crippen LogP contribution is -2.35. The summed E-state index contributed by atoms with van der Waals surface area (Å²) in [6.07, 6.45) is 2.90. The van der Waals surface area contributed by atoms with Crippen molar-refractivity contribution in [1.29, 1.82) is 0 Å². The molecule has 1 saturated heterocycles. The van der Waals surface area contributed by atoms with Crippen LogP contribution in [0, 0.1) is 0 Å². The predicted molar refractivity (Wildman–Crippen MR) is 86.6 cm³/mol. The summed E-state index contributed by atoms with van der Waals surface area (Å²) >= 11 is 0. The average Bonchev–Trinajstić information content (AvgIpc) is 3.30. The van der Waals surface area contributed by atoms with Gasteiger partial charge in [0.05, 0.1) is 6.10 Å². The summed E-state index contributed by atoms with van der Waals surface area (Å²) in [5, 5.41) is 10.7. The molecule has 1 aromatic carbocycles. The van der Waals surface area contributed by atoms with Crippen LogP contribution < -0.4 is 10.1 Å². The van der Waals surface area contributed by atoms with Crippen molar-refractivity contribution in [2.45, 2.75) is 32.3 Å². The van der Waals surface area contributed by atoms with Crippen molar-refractivity contribution < 1.29 is 18.7 Å². The Balaban J connectivity index is 1.46. The Kier molecular flexibility index (Phi) is 5.43. The first-order valence-corrected chi connectivity index (χ1v) is 8.18. The first kappa shape index (κ1) is 16.4. The van der Waals surface area contributed by atoms with E-state index in [1.807, 2.05) is 19.1 Å². The first-order valence-electron chi connectivity index (χ1n) is 8.18. The summed E-state index contributed by atoms with van der Waals surface area (Å²) in [7, 11) is 0. The number of aromatic nitrogens is 2. The average molecular weight is 331 g/mol. The lowest BCUT2D eigenvalue weighted by molar-refractivity contribution is -0.123. The molecule has 1 unspecified atom stereocenters. The summed E-state index contributed by atoms with van der Waals surface area (Å²) in [5.74, 6) is 1.54. The lowest BCUT2D eigenvalue weighted by atomic mass is 10.2. The molecule has 128 valence electrons. The zero-order valence-electron chi connectivity index (χ0n) is 13.7. The van der Waals surface area contributed by atoms with Crippen LogP contribution in [0.15, 0.2) is 28.7 Å². The zero-order valence-corrected chi connectivity index (χ0v) is 13.7. The molecule has 0 spiro atoms. The van der Waals surface area contributed by atoms with Crippen LogP contribution in [0.2, 0.25) is 0 Å². The summed E-state index contributed by atoms with van der Waals surface area (Å²) in [5.41, 5.74) is 0.817. The number of hydrogen-bond acceptors (Lipinski definition) is 6. The largest absolute Gasteiger partial charge is 0.484 e. The van der Waals surface area contributed by atoms with Crippen molar-refractivity contribution >= 4 is 5.91 Å². The van der Waals surface area contributed by atoms with Crippen molar-refractivity contribution in [2.24, 2.45) is 0 Å². The van der Waals surface area contributed by atoms with Gasteiger partial charge in [0, 0.05) is 25.1 Å². The van der Waals surface area contributed by atoms with Gasteiger partial charge in [-0.25, -0.2) is 0 Å². The number of carbonyl (C=O) groups is 1. The van der Waals surface area contributed by atoms with Gasteiger partial charge in [0.2, 0.25) is 11.8 Å².